The van der Waals surface area contributed by atoms with Crippen molar-refractivity contribution in [2.75, 3.05) is 33.0 Å². The Balaban J connectivity index is 3.36. The van der Waals surface area contributed by atoms with Gasteiger partial charge in [0.15, 0.2) is 11.5 Å². The summed E-state index contributed by atoms with van der Waals surface area (Å²) in [6, 6.07) is 0. The van der Waals surface area contributed by atoms with Crippen LogP contribution in [0.25, 0.3) is 0 Å². The summed E-state index contributed by atoms with van der Waals surface area (Å²) >= 11 is 0. The van der Waals surface area contributed by atoms with E-state index in [0.717, 1.165) is 0 Å². The van der Waals surface area contributed by atoms with Gasteiger partial charge < -0.3 is 23.7 Å². The van der Waals surface area contributed by atoms with Crippen molar-refractivity contribution in [2.45, 2.75) is 52.9 Å². The summed E-state index contributed by atoms with van der Waals surface area (Å²) in [5.41, 5.74) is -0.610. The van der Waals surface area contributed by atoms with Crippen LogP contribution in [-0.4, -0.2) is 44.4 Å². The van der Waals surface area contributed by atoms with E-state index < -0.39 is 11.4 Å². The molecule has 0 aliphatic heterocycles. The van der Waals surface area contributed by atoms with Gasteiger partial charge in [0.25, 0.3) is 5.79 Å². The molecule has 0 bridgehead atoms. The van der Waals surface area contributed by atoms with E-state index in [2.05, 4.69) is 0 Å². The van der Waals surface area contributed by atoms with Crippen LogP contribution in [0, 0.1) is 0 Å². The molecular formula is C17H30O5. The van der Waals surface area contributed by atoms with Crippen LogP contribution in [0.5, 0.6) is 0 Å². The molecule has 5 nitrogen and oxygen atoms in total. The summed E-state index contributed by atoms with van der Waals surface area (Å²) in [5, 5.41) is 0. The zero-order valence-corrected chi connectivity index (χ0v) is 14.7. The van der Waals surface area contributed by atoms with Crippen LogP contribution in [0.4, 0.5) is 0 Å². The predicted molar refractivity (Wildman–Crippen MR) is 85.4 cm³/mol. The molecule has 1 aliphatic rings. The monoisotopic (exact) mass is 314 g/mol. The molecule has 0 atom stereocenters. The number of rotatable bonds is 10. The second kappa shape index (κ2) is 8.56. The van der Waals surface area contributed by atoms with E-state index in [-0.39, 0.29) is 0 Å². The highest BCUT2D eigenvalue weighted by atomic mass is 16.7. The van der Waals surface area contributed by atoms with Crippen LogP contribution < -0.4 is 0 Å². The van der Waals surface area contributed by atoms with E-state index in [1.807, 2.05) is 53.7 Å². The molecule has 0 N–H and O–H groups in total. The molecule has 1 aliphatic carbocycles. The largest absolute Gasteiger partial charge is 0.492 e. The number of ether oxygens (including phenoxy) is 5. The van der Waals surface area contributed by atoms with E-state index in [9.17, 15) is 0 Å². The summed E-state index contributed by atoms with van der Waals surface area (Å²) < 4.78 is 29.4. The SMILES string of the molecule is CCOC1=CC(C)(OCC)C=C(OCC)C1(OCC)OCC. The third kappa shape index (κ3) is 4.03. The molecular weight excluding hydrogens is 284 g/mol. The maximum absolute atomic E-state index is 5.95. The average Bonchev–Trinajstić information content (AvgIpc) is 2.45. The highest BCUT2D eigenvalue weighted by Crippen LogP contribution is 2.40. The summed E-state index contributed by atoms with van der Waals surface area (Å²) in [4.78, 5) is 0. The van der Waals surface area contributed by atoms with E-state index in [0.29, 0.717) is 44.6 Å². The zero-order valence-electron chi connectivity index (χ0n) is 14.7. The predicted octanol–water partition coefficient (Wildman–Crippen LogP) is 3.41. The van der Waals surface area contributed by atoms with Gasteiger partial charge in [0.2, 0.25) is 0 Å². The van der Waals surface area contributed by atoms with Crippen LogP contribution >= 0.6 is 0 Å². The minimum absolute atomic E-state index is 0.472. The highest BCUT2D eigenvalue weighted by Gasteiger charge is 2.49. The van der Waals surface area contributed by atoms with Crippen molar-refractivity contribution in [3.8, 4) is 0 Å². The van der Waals surface area contributed by atoms with Crippen LogP contribution in [0.3, 0.4) is 0 Å². The normalized spacial score (nSPS) is 19.4. The first-order valence-electron chi connectivity index (χ1n) is 8.15. The Kier molecular flexibility index (Phi) is 7.39. The molecule has 1 rings (SSSR count). The first-order valence-corrected chi connectivity index (χ1v) is 8.15. The molecule has 0 radical (unpaired) electrons. The Hall–Kier alpha value is -1.04. The fraction of sp³-hybridized carbons (Fsp3) is 0.765. The summed E-state index contributed by atoms with van der Waals surface area (Å²) in [7, 11) is 0. The molecule has 0 aromatic heterocycles. The Labute approximate surface area is 134 Å². The minimum atomic E-state index is -1.13. The summed E-state index contributed by atoms with van der Waals surface area (Å²) in [5.74, 6) is 0.0350. The van der Waals surface area contributed by atoms with Gasteiger partial charge in [0.05, 0.1) is 13.2 Å². The van der Waals surface area contributed by atoms with E-state index in [1.165, 1.54) is 0 Å². The summed E-state index contributed by atoms with van der Waals surface area (Å²) in [6.45, 7) is 14.2. The van der Waals surface area contributed by atoms with Crippen molar-refractivity contribution < 1.29 is 23.7 Å². The zero-order chi connectivity index (χ0) is 16.6. The van der Waals surface area contributed by atoms with Gasteiger partial charge in [-0.05, 0) is 53.7 Å². The fourth-order valence-corrected chi connectivity index (χ4v) is 2.59. The molecule has 0 heterocycles. The number of hydrogen-bond donors (Lipinski definition) is 0. The Bertz CT molecular complexity index is 368. The second-order valence-corrected chi connectivity index (χ2v) is 4.98. The van der Waals surface area contributed by atoms with Crippen LogP contribution in [0.15, 0.2) is 23.7 Å². The maximum atomic E-state index is 5.95. The molecule has 0 saturated heterocycles. The van der Waals surface area contributed by atoms with Crippen molar-refractivity contribution in [3.63, 3.8) is 0 Å². The molecule has 0 amide bonds. The molecule has 22 heavy (non-hydrogen) atoms. The smallest absolute Gasteiger partial charge is 0.287 e. The first kappa shape index (κ1) is 19.0. The maximum Gasteiger partial charge on any atom is 0.287 e. The van der Waals surface area contributed by atoms with E-state index in [1.54, 1.807) is 0 Å². The van der Waals surface area contributed by atoms with Crippen molar-refractivity contribution in [2.24, 2.45) is 0 Å². The van der Waals surface area contributed by atoms with Gasteiger partial charge in [-0.15, -0.1) is 0 Å². The van der Waals surface area contributed by atoms with Crippen molar-refractivity contribution in [3.05, 3.63) is 23.7 Å². The molecule has 5 heteroatoms. The Morgan fingerprint density at radius 2 is 1.09 bits per heavy atom. The summed E-state index contributed by atoms with van der Waals surface area (Å²) in [6.07, 6.45) is 3.82. The fourth-order valence-electron chi connectivity index (χ4n) is 2.59. The standard InChI is InChI=1S/C17H30O5/c1-7-18-14-12-16(6,20-9-3)13-15(19-8-2)17(14,21-10-4)22-11-5/h12-13H,7-11H2,1-6H3. The minimum Gasteiger partial charge on any atom is -0.492 e. The lowest BCUT2D eigenvalue weighted by Gasteiger charge is -2.41. The van der Waals surface area contributed by atoms with Crippen LogP contribution in [-0.2, 0) is 23.7 Å². The van der Waals surface area contributed by atoms with Crippen LogP contribution in [0.1, 0.15) is 41.5 Å². The average molecular weight is 314 g/mol. The quantitative estimate of drug-likeness (QED) is 0.578. The molecule has 0 aromatic rings. The molecule has 128 valence electrons. The molecule has 0 spiro atoms. The lowest BCUT2D eigenvalue weighted by atomic mass is 9.93. The van der Waals surface area contributed by atoms with Gasteiger partial charge in [-0.3, -0.25) is 0 Å². The van der Waals surface area contributed by atoms with E-state index in [4.69, 9.17) is 23.7 Å². The van der Waals surface area contributed by atoms with Gasteiger partial charge >= 0.3 is 0 Å². The van der Waals surface area contributed by atoms with Crippen LogP contribution in [0.2, 0.25) is 0 Å². The Morgan fingerprint density at radius 3 is 1.41 bits per heavy atom. The van der Waals surface area contributed by atoms with Gasteiger partial charge in [0.1, 0.15) is 5.60 Å². The van der Waals surface area contributed by atoms with Gasteiger partial charge in [-0.25, -0.2) is 0 Å². The van der Waals surface area contributed by atoms with Crippen molar-refractivity contribution >= 4 is 0 Å². The van der Waals surface area contributed by atoms with E-state index >= 15 is 0 Å². The molecule has 0 fully saturated rings. The third-order valence-corrected chi connectivity index (χ3v) is 3.23. The molecule has 0 aromatic carbocycles. The molecule has 0 saturated carbocycles. The number of hydrogen-bond acceptors (Lipinski definition) is 5. The second-order valence-electron chi connectivity index (χ2n) is 4.98. The first-order chi connectivity index (χ1) is 10.5. The van der Waals surface area contributed by atoms with Gasteiger partial charge in [-0.2, -0.15) is 0 Å². The van der Waals surface area contributed by atoms with Crippen molar-refractivity contribution in [1.29, 1.82) is 0 Å². The highest BCUT2D eigenvalue weighted by molar-refractivity contribution is 5.35. The Morgan fingerprint density at radius 1 is 0.682 bits per heavy atom. The lowest BCUT2D eigenvalue weighted by molar-refractivity contribution is -0.228. The van der Waals surface area contributed by atoms with Gasteiger partial charge in [-0.1, -0.05) is 0 Å². The lowest BCUT2D eigenvalue weighted by Crippen LogP contribution is -2.47. The van der Waals surface area contributed by atoms with Crippen molar-refractivity contribution in [1.82, 2.24) is 0 Å². The third-order valence-electron chi connectivity index (χ3n) is 3.23. The van der Waals surface area contributed by atoms with Gasteiger partial charge in [0, 0.05) is 19.8 Å². The topological polar surface area (TPSA) is 46.2 Å². The molecule has 0 unspecified atom stereocenters.